The van der Waals surface area contributed by atoms with Gasteiger partial charge in [-0.25, -0.2) is 5.43 Å². The van der Waals surface area contributed by atoms with E-state index in [0.717, 1.165) is 24.2 Å². The van der Waals surface area contributed by atoms with Gasteiger partial charge >= 0.3 is 0 Å². The van der Waals surface area contributed by atoms with Crippen LogP contribution in [0.4, 0.5) is 0 Å². The fourth-order valence-corrected chi connectivity index (χ4v) is 2.48. The van der Waals surface area contributed by atoms with Gasteiger partial charge in [-0.1, -0.05) is 25.4 Å². The third-order valence-electron chi connectivity index (χ3n) is 3.73. The normalized spacial score (nSPS) is 11.2. The van der Waals surface area contributed by atoms with E-state index < -0.39 is 0 Å². The van der Waals surface area contributed by atoms with Gasteiger partial charge in [-0.05, 0) is 67.8 Å². The van der Waals surface area contributed by atoms with Gasteiger partial charge in [0.1, 0.15) is 11.5 Å². The summed E-state index contributed by atoms with van der Waals surface area (Å²) in [4.78, 5) is 12.2. The quantitative estimate of drug-likeness (QED) is 0.481. The van der Waals surface area contributed by atoms with Crippen LogP contribution in [0.1, 0.15) is 49.5 Å². The van der Waals surface area contributed by atoms with Gasteiger partial charge in [0.15, 0.2) is 0 Å². The fraction of sp³-hybridized carbons (Fsp3) is 0.333. The maximum atomic E-state index is 12.2. The van der Waals surface area contributed by atoms with E-state index in [2.05, 4.69) is 10.5 Å². The summed E-state index contributed by atoms with van der Waals surface area (Å²) in [6, 6.07) is 12.4. The molecule has 6 heteroatoms. The molecule has 0 radical (unpaired) electrons. The summed E-state index contributed by atoms with van der Waals surface area (Å²) in [6.45, 7) is 7.15. The number of hydrazone groups is 1. The molecule has 0 atom stereocenters. The maximum absolute atomic E-state index is 12.2. The van der Waals surface area contributed by atoms with Crippen molar-refractivity contribution in [3.8, 4) is 11.5 Å². The number of nitrogens with one attached hydrogen (secondary N) is 1. The second-order valence-electron chi connectivity index (χ2n) is 6.00. The average molecular weight is 389 g/mol. The molecule has 0 fully saturated rings. The lowest BCUT2D eigenvalue weighted by molar-refractivity contribution is 0.0955. The van der Waals surface area contributed by atoms with Gasteiger partial charge in [-0.15, -0.1) is 0 Å². The number of hydrogen-bond acceptors (Lipinski definition) is 4. The Bertz CT molecular complexity index is 789. The number of carbonyl (C=O) groups is 1. The minimum atomic E-state index is -0.287. The van der Waals surface area contributed by atoms with E-state index in [1.54, 1.807) is 37.3 Å². The van der Waals surface area contributed by atoms with Gasteiger partial charge < -0.3 is 9.47 Å². The van der Waals surface area contributed by atoms with Crippen LogP contribution in [0.15, 0.2) is 47.6 Å². The van der Waals surface area contributed by atoms with Crippen molar-refractivity contribution >= 4 is 23.2 Å². The lowest BCUT2D eigenvalue weighted by Gasteiger charge is -2.09. The molecule has 1 amide bonds. The molecule has 0 unspecified atom stereocenters. The molecule has 144 valence electrons. The second kappa shape index (κ2) is 10.6. The van der Waals surface area contributed by atoms with Crippen LogP contribution >= 0.6 is 11.6 Å². The molecule has 0 heterocycles. The molecule has 0 saturated heterocycles. The van der Waals surface area contributed by atoms with Crippen LogP contribution in [0.2, 0.25) is 5.02 Å². The highest BCUT2D eigenvalue weighted by Gasteiger charge is 2.08. The van der Waals surface area contributed by atoms with Gasteiger partial charge in [0.25, 0.3) is 5.91 Å². The molecule has 0 spiro atoms. The summed E-state index contributed by atoms with van der Waals surface area (Å²) in [5, 5.41) is 4.68. The summed E-state index contributed by atoms with van der Waals surface area (Å²) >= 11 is 6.24. The number of ether oxygens (including phenoxy) is 2. The fourth-order valence-electron chi connectivity index (χ4n) is 2.24. The molecule has 2 rings (SSSR count). The van der Waals surface area contributed by atoms with Crippen molar-refractivity contribution in [2.45, 2.75) is 33.6 Å². The Morgan fingerprint density at radius 1 is 1.00 bits per heavy atom. The monoisotopic (exact) mass is 388 g/mol. The third kappa shape index (κ3) is 6.29. The van der Waals surface area contributed by atoms with Crippen LogP contribution in [0.25, 0.3) is 0 Å². The topological polar surface area (TPSA) is 59.9 Å². The Kier molecular flexibility index (Phi) is 8.14. The molecule has 2 aromatic rings. The van der Waals surface area contributed by atoms with Crippen LogP contribution in [0.5, 0.6) is 11.5 Å². The molecule has 5 nitrogen and oxygen atoms in total. The van der Waals surface area contributed by atoms with Gasteiger partial charge in [-0.2, -0.15) is 5.10 Å². The average Bonchev–Trinajstić information content (AvgIpc) is 2.69. The molecule has 0 aliphatic heterocycles. The SMILES string of the molecule is CCCOc1ccc(C(=O)N/N=C(\C)c2ccc(OCCC)c(Cl)c2)cc1. The first-order valence-corrected chi connectivity index (χ1v) is 9.43. The van der Waals surface area contributed by atoms with Gasteiger partial charge in [-0.3, -0.25) is 4.79 Å². The van der Waals surface area contributed by atoms with E-state index in [4.69, 9.17) is 21.1 Å². The highest BCUT2D eigenvalue weighted by Crippen LogP contribution is 2.25. The molecule has 27 heavy (non-hydrogen) atoms. The predicted molar refractivity (Wildman–Crippen MR) is 109 cm³/mol. The van der Waals surface area contributed by atoms with Crippen molar-refractivity contribution < 1.29 is 14.3 Å². The second-order valence-corrected chi connectivity index (χ2v) is 6.41. The molecular weight excluding hydrogens is 364 g/mol. The van der Waals surface area contributed by atoms with Crippen molar-refractivity contribution in [2.24, 2.45) is 5.10 Å². The van der Waals surface area contributed by atoms with E-state index in [0.29, 0.717) is 35.3 Å². The predicted octanol–water partition coefficient (Wildman–Crippen LogP) is 5.07. The Hall–Kier alpha value is -2.53. The summed E-state index contributed by atoms with van der Waals surface area (Å²) in [7, 11) is 0. The van der Waals surface area contributed by atoms with Crippen LogP contribution in [0, 0.1) is 0 Å². The van der Waals surface area contributed by atoms with E-state index in [1.165, 1.54) is 0 Å². The van der Waals surface area contributed by atoms with E-state index in [-0.39, 0.29) is 5.91 Å². The molecule has 0 aromatic heterocycles. The molecule has 0 aliphatic carbocycles. The van der Waals surface area contributed by atoms with Crippen LogP contribution < -0.4 is 14.9 Å². The number of halogens is 1. The zero-order valence-electron chi connectivity index (χ0n) is 15.9. The zero-order chi connectivity index (χ0) is 19.6. The molecule has 0 aliphatic rings. The standard InChI is InChI=1S/C21H25ClN2O3/c1-4-12-26-18-9-6-16(7-10-18)21(25)24-23-15(3)17-8-11-20(19(22)14-17)27-13-5-2/h6-11,14H,4-5,12-13H2,1-3H3,(H,24,25)/b23-15+. The van der Waals surface area contributed by atoms with Crippen molar-refractivity contribution in [1.82, 2.24) is 5.43 Å². The summed E-state index contributed by atoms with van der Waals surface area (Å²) < 4.78 is 11.1. The lowest BCUT2D eigenvalue weighted by Crippen LogP contribution is -2.19. The first-order valence-electron chi connectivity index (χ1n) is 9.05. The number of hydrogen-bond donors (Lipinski definition) is 1. The number of benzene rings is 2. The summed E-state index contributed by atoms with van der Waals surface area (Å²) in [5.74, 6) is 1.10. The lowest BCUT2D eigenvalue weighted by atomic mass is 10.1. The smallest absolute Gasteiger partial charge is 0.271 e. The number of rotatable bonds is 9. The number of carbonyl (C=O) groups excluding carboxylic acids is 1. The van der Waals surface area contributed by atoms with Gasteiger partial charge in [0, 0.05) is 5.56 Å². The van der Waals surface area contributed by atoms with Gasteiger partial charge in [0.05, 0.1) is 23.9 Å². The molecular formula is C21H25ClN2O3. The molecule has 0 saturated carbocycles. The van der Waals surface area contributed by atoms with Crippen molar-refractivity contribution in [3.05, 3.63) is 58.6 Å². The Balaban J connectivity index is 1.99. The minimum Gasteiger partial charge on any atom is -0.494 e. The highest BCUT2D eigenvalue weighted by atomic mass is 35.5. The Labute approximate surface area is 165 Å². The number of nitrogens with zero attached hydrogens (tertiary/aromatic N) is 1. The molecule has 1 N–H and O–H groups in total. The minimum absolute atomic E-state index is 0.287. The molecule has 0 bridgehead atoms. The Morgan fingerprint density at radius 3 is 2.26 bits per heavy atom. The summed E-state index contributed by atoms with van der Waals surface area (Å²) in [6.07, 6.45) is 1.85. The summed E-state index contributed by atoms with van der Waals surface area (Å²) in [5.41, 5.74) is 4.53. The largest absolute Gasteiger partial charge is 0.494 e. The van der Waals surface area contributed by atoms with Crippen molar-refractivity contribution in [3.63, 3.8) is 0 Å². The number of amides is 1. The first kappa shape index (κ1) is 20.8. The van der Waals surface area contributed by atoms with E-state index in [1.807, 2.05) is 26.0 Å². The third-order valence-corrected chi connectivity index (χ3v) is 4.02. The van der Waals surface area contributed by atoms with Crippen molar-refractivity contribution in [2.75, 3.05) is 13.2 Å². The van der Waals surface area contributed by atoms with Crippen molar-refractivity contribution in [1.29, 1.82) is 0 Å². The maximum Gasteiger partial charge on any atom is 0.271 e. The highest BCUT2D eigenvalue weighted by molar-refractivity contribution is 6.32. The van der Waals surface area contributed by atoms with E-state index >= 15 is 0 Å². The van der Waals surface area contributed by atoms with Gasteiger partial charge in [0.2, 0.25) is 0 Å². The van der Waals surface area contributed by atoms with Crippen LogP contribution in [0.3, 0.4) is 0 Å². The van der Waals surface area contributed by atoms with E-state index in [9.17, 15) is 4.79 Å². The molecule has 2 aromatic carbocycles. The van der Waals surface area contributed by atoms with Crippen LogP contribution in [-0.4, -0.2) is 24.8 Å². The van der Waals surface area contributed by atoms with Crippen LogP contribution in [-0.2, 0) is 0 Å². The zero-order valence-corrected chi connectivity index (χ0v) is 16.7. The Morgan fingerprint density at radius 2 is 1.63 bits per heavy atom. The first-order chi connectivity index (χ1) is 13.0.